The van der Waals surface area contributed by atoms with E-state index in [4.69, 9.17) is 9.47 Å². The maximum Gasteiger partial charge on any atom is 0.161 e. The molecule has 0 aliphatic heterocycles. The fourth-order valence-corrected chi connectivity index (χ4v) is 3.19. The molecule has 2 aromatic carbocycles. The van der Waals surface area contributed by atoms with E-state index in [1.165, 1.54) is 20.3 Å². The average molecular weight is 397 g/mol. The van der Waals surface area contributed by atoms with Crippen molar-refractivity contribution in [3.05, 3.63) is 56.7 Å². The Bertz CT molecular complexity index is 628. The maximum absolute atomic E-state index is 5.44. The smallest absolute Gasteiger partial charge is 0.161 e. The molecule has 2 rings (SSSR count). The van der Waals surface area contributed by atoms with E-state index in [1.807, 2.05) is 13.1 Å². The van der Waals surface area contributed by atoms with Gasteiger partial charge < -0.3 is 14.8 Å². The summed E-state index contributed by atoms with van der Waals surface area (Å²) in [6, 6.07) is 12.6. The molecule has 0 bridgehead atoms. The molecule has 112 valence electrons. The van der Waals surface area contributed by atoms with E-state index >= 15 is 0 Å². The maximum atomic E-state index is 5.44. The molecule has 0 heterocycles. The van der Waals surface area contributed by atoms with Crippen LogP contribution in [0, 0.1) is 10.5 Å². The van der Waals surface area contributed by atoms with Gasteiger partial charge in [0.2, 0.25) is 0 Å². The summed E-state index contributed by atoms with van der Waals surface area (Å²) in [6.07, 6.45) is 0. The van der Waals surface area contributed by atoms with Crippen LogP contribution in [0.15, 0.2) is 36.4 Å². The lowest BCUT2D eigenvalue weighted by Gasteiger charge is -2.22. The van der Waals surface area contributed by atoms with Gasteiger partial charge in [-0.1, -0.05) is 18.2 Å². The van der Waals surface area contributed by atoms with Gasteiger partial charge in [-0.15, -0.1) is 0 Å². The summed E-state index contributed by atoms with van der Waals surface area (Å²) in [5.41, 5.74) is 3.63. The summed E-state index contributed by atoms with van der Waals surface area (Å²) in [4.78, 5) is 0. The molecule has 0 aliphatic rings. The van der Waals surface area contributed by atoms with Crippen molar-refractivity contribution in [3.8, 4) is 11.5 Å². The van der Waals surface area contributed by atoms with Crippen molar-refractivity contribution in [1.82, 2.24) is 5.32 Å². The molecule has 0 radical (unpaired) electrons. The highest BCUT2D eigenvalue weighted by atomic mass is 127. The van der Waals surface area contributed by atoms with E-state index in [2.05, 4.69) is 65.2 Å². The molecule has 0 aromatic heterocycles. The Morgan fingerprint density at radius 1 is 1.00 bits per heavy atom. The summed E-state index contributed by atoms with van der Waals surface area (Å²) in [7, 11) is 5.30. The molecule has 4 heteroatoms. The lowest BCUT2D eigenvalue weighted by Crippen LogP contribution is -2.20. The van der Waals surface area contributed by atoms with Gasteiger partial charge >= 0.3 is 0 Å². The molecule has 0 saturated heterocycles. The molecule has 0 aliphatic carbocycles. The molecule has 0 fully saturated rings. The largest absolute Gasteiger partial charge is 0.493 e. The molecule has 21 heavy (non-hydrogen) atoms. The van der Waals surface area contributed by atoms with E-state index < -0.39 is 0 Å². The third-order valence-corrected chi connectivity index (χ3v) is 4.57. The van der Waals surface area contributed by atoms with Crippen LogP contribution in [0.2, 0.25) is 0 Å². The van der Waals surface area contributed by atoms with Crippen molar-refractivity contribution >= 4 is 22.6 Å². The van der Waals surface area contributed by atoms with Crippen LogP contribution in [-0.2, 0) is 0 Å². The summed E-state index contributed by atoms with van der Waals surface area (Å²) in [5.74, 6) is 1.51. The summed E-state index contributed by atoms with van der Waals surface area (Å²) < 4.78 is 12.0. The van der Waals surface area contributed by atoms with Crippen molar-refractivity contribution in [2.24, 2.45) is 0 Å². The lowest BCUT2D eigenvalue weighted by atomic mass is 9.94. The van der Waals surface area contributed by atoms with Crippen LogP contribution in [0.1, 0.15) is 22.7 Å². The van der Waals surface area contributed by atoms with Gasteiger partial charge in [0.1, 0.15) is 0 Å². The SMILES string of the molecule is CNC(c1cc(OC)c(OC)cc1C)c1ccccc1I. The standard InChI is InChI=1S/C17H20INO2/c1-11-9-15(20-3)16(21-4)10-13(11)17(19-2)12-7-5-6-8-14(12)18/h5-10,17,19H,1-4H3. The van der Waals surface area contributed by atoms with Crippen LogP contribution in [0.3, 0.4) is 0 Å². The Morgan fingerprint density at radius 3 is 2.19 bits per heavy atom. The minimum atomic E-state index is 0.123. The number of methoxy groups -OCH3 is 2. The zero-order valence-corrected chi connectivity index (χ0v) is 14.9. The van der Waals surface area contributed by atoms with Gasteiger partial charge in [0.25, 0.3) is 0 Å². The van der Waals surface area contributed by atoms with E-state index in [9.17, 15) is 0 Å². The van der Waals surface area contributed by atoms with Crippen LogP contribution >= 0.6 is 22.6 Å². The lowest BCUT2D eigenvalue weighted by molar-refractivity contribution is 0.354. The monoisotopic (exact) mass is 397 g/mol. The first-order chi connectivity index (χ1) is 10.1. The van der Waals surface area contributed by atoms with Gasteiger partial charge in [0, 0.05) is 3.57 Å². The first-order valence-electron chi connectivity index (χ1n) is 6.76. The van der Waals surface area contributed by atoms with E-state index in [1.54, 1.807) is 14.2 Å². The van der Waals surface area contributed by atoms with Crippen molar-refractivity contribution in [1.29, 1.82) is 0 Å². The second-order valence-electron chi connectivity index (χ2n) is 4.81. The molecule has 1 atom stereocenters. The number of hydrogen-bond donors (Lipinski definition) is 1. The second kappa shape index (κ2) is 7.13. The number of halogens is 1. The molecule has 1 N–H and O–H groups in total. The number of benzene rings is 2. The number of rotatable bonds is 5. The minimum Gasteiger partial charge on any atom is -0.493 e. The summed E-state index contributed by atoms with van der Waals surface area (Å²) in [6.45, 7) is 2.09. The first kappa shape index (κ1) is 16.1. The van der Waals surface area contributed by atoms with Crippen molar-refractivity contribution < 1.29 is 9.47 Å². The van der Waals surface area contributed by atoms with Gasteiger partial charge in [-0.05, 0) is 71.5 Å². The van der Waals surface area contributed by atoms with Crippen LogP contribution < -0.4 is 14.8 Å². The third-order valence-electron chi connectivity index (χ3n) is 3.59. The van der Waals surface area contributed by atoms with Gasteiger partial charge in [-0.25, -0.2) is 0 Å². The Labute approximate surface area is 139 Å². The van der Waals surface area contributed by atoms with Crippen LogP contribution in [0.4, 0.5) is 0 Å². The highest BCUT2D eigenvalue weighted by Crippen LogP contribution is 2.35. The number of nitrogens with one attached hydrogen (secondary N) is 1. The van der Waals surface area contributed by atoms with Gasteiger partial charge in [0.15, 0.2) is 11.5 Å². The third kappa shape index (κ3) is 3.32. The highest BCUT2D eigenvalue weighted by Gasteiger charge is 2.19. The van der Waals surface area contributed by atoms with Crippen LogP contribution in [0.5, 0.6) is 11.5 Å². The minimum absolute atomic E-state index is 0.123. The Morgan fingerprint density at radius 2 is 1.62 bits per heavy atom. The zero-order valence-electron chi connectivity index (χ0n) is 12.7. The number of aryl methyl sites for hydroxylation is 1. The molecular formula is C17H20INO2. The first-order valence-corrected chi connectivity index (χ1v) is 7.84. The molecule has 3 nitrogen and oxygen atoms in total. The van der Waals surface area contributed by atoms with Crippen molar-refractivity contribution in [2.75, 3.05) is 21.3 Å². The van der Waals surface area contributed by atoms with Crippen LogP contribution in [0.25, 0.3) is 0 Å². The van der Waals surface area contributed by atoms with E-state index in [-0.39, 0.29) is 6.04 Å². The van der Waals surface area contributed by atoms with E-state index in [0.717, 1.165) is 11.5 Å². The van der Waals surface area contributed by atoms with Crippen LogP contribution in [-0.4, -0.2) is 21.3 Å². The zero-order chi connectivity index (χ0) is 15.4. The Hall–Kier alpha value is -1.27. The second-order valence-corrected chi connectivity index (χ2v) is 5.97. The predicted octanol–water partition coefficient (Wildman–Crippen LogP) is 3.93. The van der Waals surface area contributed by atoms with Crippen molar-refractivity contribution in [3.63, 3.8) is 0 Å². The Balaban J connectivity index is 2.55. The molecule has 2 aromatic rings. The average Bonchev–Trinajstić information content (AvgIpc) is 2.50. The molecule has 0 amide bonds. The topological polar surface area (TPSA) is 30.5 Å². The number of hydrogen-bond acceptors (Lipinski definition) is 3. The fraction of sp³-hybridized carbons (Fsp3) is 0.294. The molecule has 1 unspecified atom stereocenters. The van der Waals surface area contributed by atoms with Gasteiger partial charge in [-0.2, -0.15) is 0 Å². The summed E-state index contributed by atoms with van der Waals surface area (Å²) in [5, 5.41) is 3.40. The fourth-order valence-electron chi connectivity index (χ4n) is 2.50. The van der Waals surface area contributed by atoms with E-state index in [0.29, 0.717) is 0 Å². The van der Waals surface area contributed by atoms with Gasteiger partial charge in [0.05, 0.1) is 20.3 Å². The summed E-state index contributed by atoms with van der Waals surface area (Å²) >= 11 is 2.37. The molecule has 0 saturated carbocycles. The normalized spacial score (nSPS) is 12.0. The van der Waals surface area contributed by atoms with Crippen molar-refractivity contribution in [2.45, 2.75) is 13.0 Å². The molecular weight excluding hydrogens is 377 g/mol. The quantitative estimate of drug-likeness (QED) is 0.776. The van der Waals surface area contributed by atoms with Gasteiger partial charge in [-0.3, -0.25) is 0 Å². The Kier molecular flexibility index (Phi) is 5.47. The highest BCUT2D eigenvalue weighted by molar-refractivity contribution is 14.1. The number of ether oxygens (including phenoxy) is 2. The predicted molar refractivity (Wildman–Crippen MR) is 94.3 cm³/mol. The molecule has 0 spiro atoms.